The standard InChI is InChI=1S/C16H16N2O3/c1-2-5-14(19)16(21)18-10-15(20)13-9-17-8-11-6-3-4-7-12(11)13/h3-4,6-9H,2,5,10H2,1H3,(H,18,21). The number of hydrogen-bond acceptors (Lipinski definition) is 4. The van der Waals surface area contributed by atoms with Crippen molar-refractivity contribution in [3.63, 3.8) is 0 Å². The summed E-state index contributed by atoms with van der Waals surface area (Å²) in [5.41, 5.74) is 0.441. The Balaban J connectivity index is 2.09. The van der Waals surface area contributed by atoms with Crippen LogP contribution >= 0.6 is 0 Å². The number of pyridine rings is 1. The summed E-state index contributed by atoms with van der Waals surface area (Å²) in [4.78, 5) is 39.1. The number of Topliss-reactive ketones (excluding diaryl/α,β-unsaturated/α-hetero) is 2. The van der Waals surface area contributed by atoms with Gasteiger partial charge in [0.25, 0.3) is 5.91 Å². The topological polar surface area (TPSA) is 76.1 Å². The lowest BCUT2D eigenvalue weighted by Gasteiger charge is -2.06. The molecule has 0 fully saturated rings. The number of benzene rings is 1. The van der Waals surface area contributed by atoms with Crippen molar-refractivity contribution in [2.45, 2.75) is 19.8 Å². The molecular weight excluding hydrogens is 268 g/mol. The number of hydrogen-bond donors (Lipinski definition) is 1. The highest BCUT2D eigenvalue weighted by molar-refractivity contribution is 6.36. The van der Waals surface area contributed by atoms with Crippen LogP contribution in [0.4, 0.5) is 0 Å². The fourth-order valence-corrected chi connectivity index (χ4v) is 2.03. The van der Waals surface area contributed by atoms with Crippen molar-refractivity contribution in [2.24, 2.45) is 0 Å². The van der Waals surface area contributed by atoms with E-state index in [4.69, 9.17) is 0 Å². The summed E-state index contributed by atoms with van der Waals surface area (Å²) in [7, 11) is 0. The first-order valence-corrected chi connectivity index (χ1v) is 6.80. The van der Waals surface area contributed by atoms with Crippen LogP contribution in [0.15, 0.2) is 36.7 Å². The molecule has 0 radical (unpaired) electrons. The quantitative estimate of drug-likeness (QED) is 0.649. The number of fused-ring (bicyclic) bond motifs is 1. The SMILES string of the molecule is CCCC(=O)C(=O)NCC(=O)c1cncc2ccccc12. The second kappa shape index (κ2) is 6.74. The molecular formula is C16H16N2O3. The molecule has 0 aliphatic rings. The molecule has 1 heterocycles. The van der Waals surface area contributed by atoms with Gasteiger partial charge in [-0.3, -0.25) is 19.4 Å². The Labute approximate surface area is 122 Å². The van der Waals surface area contributed by atoms with Gasteiger partial charge in [0, 0.05) is 29.8 Å². The molecule has 0 saturated heterocycles. The monoisotopic (exact) mass is 284 g/mol. The van der Waals surface area contributed by atoms with Gasteiger partial charge in [-0.2, -0.15) is 0 Å². The maximum absolute atomic E-state index is 12.2. The Bertz CT molecular complexity index is 689. The Kier molecular flexibility index (Phi) is 4.77. The zero-order chi connectivity index (χ0) is 15.2. The van der Waals surface area contributed by atoms with Gasteiger partial charge in [0.15, 0.2) is 5.78 Å². The van der Waals surface area contributed by atoms with Crippen LogP contribution in [-0.4, -0.2) is 29.0 Å². The fraction of sp³-hybridized carbons (Fsp3) is 0.250. The molecule has 5 nitrogen and oxygen atoms in total. The molecule has 2 aromatic rings. The van der Waals surface area contributed by atoms with E-state index >= 15 is 0 Å². The normalized spacial score (nSPS) is 10.3. The van der Waals surface area contributed by atoms with E-state index < -0.39 is 11.7 Å². The van der Waals surface area contributed by atoms with Crippen molar-refractivity contribution in [1.29, 1.82) is 0 Å². The van der Waals surface area contributed by atoms with Gasteiger partial charge in [-0.05, 0) is 11.8 Å². The number of ketones is 2. The van der Waals surface area contributed by atoms with Gasteiger partial charge in [0.2, 0.25) is 5.78 Å². The van der Waals surface area contributed by atoms with E-state index in [1.54, 1.807) is 6.20 Å². The highest BCUT2D eigenvalue weighted by Crippen LogP contribution is 2.17. The van der Waals surface area contributed by atoms with Crippen LogP contribution in [0.25, 0.3) is 10.8 Å². The third-order valence-corrected chi connectivity index (χ3v) is 3.11. The summed E-state index contributed by atoms with van der Waals surface area (Å²) >= 11 is 0. The first kappa shape index (κ1) is 14.8. The van der Waals surface area contributed by atoms with Crippen LogP contribution in [0.1, 0.15) is 30.1 Å². The maximum atomic E-state index is 12.2. The van der Waals surface area contributed by atoms with E-state index in [-0.39, 0.29) is 18.7 Å². The van der Waals surface area contributed by atoms with E-state index in [1.807, 2.05) is 31.2 Å². The summed E-state index contributed by atoms with van der Waals surface area (Å²) in [6.45, 7) is 1.61. The first-order valence-electron chi connectivity index (χ1n) is 6.80. The lowest BCUT2D eigenvalue weighted by molar-refractivity contribution is -0.137. The Hall–Kier alpha value is -2.56. The molecule has 5 heteroatoms. The number of aromatic nitrogens is 1. The highest BCUT2D eigenvalue weighted by atomic mass is 16.2. The van der Waals surface area contributed by atoms with Crippen LogP contribution in [0, 0.1) is 0 Å². The minimum absolute atomic E-state index is 0.190. The molecule has 21 heavy (non-hydrogen) atoms. The van der Waals surface area contributed by atoms with E-state index in [9.17, 15) is 14.4 Å². The van der Waals surface area contributed by atoms with Crippen molar-refractivity contribution in [3.8, 4) is 0 Å². The van der Waals surface area contributed by atoms with Gasteiger partial charge in [-0.1, -0.05) is 31.2 Å². The van der Waals surface area contributed by atoms with E-state index in [0.29, 0.717) is 12.0 Å². The number of nitrogens with one attached hydrogen (secondary N) is 1. The summed E-state index contributed by atoms with van der Waals surface area (Å²) in [5, 5.41) is 4.01. The summed E-state index contributed by atoms with van der Waals surface area (Å²) < 4.78 is 0. The van der Waals surface area contributed by atoms with E-state index in [2.05, 4.69) is 10.3 Å². The van der Waals surface area contributed by atoms with Crippen molar-refractivity contribution in [1.82, 2.24) is 10.3 Å². The number of nitrogens with zero attached hydrogens (tertiary/aromatic N) is 1. The largest absolute Gasteiger partial charge is 0.342 e. The van der Waals surface area contributed by atoms with E-state index in [0.717, 1.165) is 10.8 Å². The minimum Gasteiger partial charge on any atom is -0.342 e. The lowest BCUT2D eigenvalue weighted by atomic mass is 10.0. The zero-order valence-electron chi connectivity index (χ0n) is 11.8. The predicted molar refractivity (Wildman–Crippen MR) is 79.0 cm³/mol. The minimum atomic E-state index is -0.710. The number of carbonyl (C=O) groups excluding carboxylic acids is 3. The number of carbonyl (C=O) groups is 3. The van der Waals surface area contributed by atoms with Gasteiger partial charge < -0.3 is 5.32 Å². The van der Waals surface area contributed by atoms with Crippen molar-refractivity contribution >= 4 is 28.2 Å². The summed E-state index contributed by atoms with van der Waals surface area (Å²) in [6.07, 6.45) is 3.95. The second-order valence-corrected chi connectivity index (χ2v) is 4.69. The molecule has 2 rings (SSSR count). The van der Waals surface area contributed by atoms with Gasteiger partial charge in [0.05, 0.1) is 6.54 Å². The van der Waals surface area contributed by atoms with Crippen LogP contribution in [0.3, 0.4) is 0 Å². The molecule has 1 amide bonds. The van der Waals surface area contributed by atoms with Crippen LogP contribution in [-0.2, 0) is 9.59 Å². The van der Waals surface area contributed by atoms with Gasteiger partial charge in [-0.25, -0.2) is 0 Å². The second-order valence-electron chi connectivity index (χ2n) is 4.69. The van der Waals surface area contributed by atoms with Crippen LogP contribution in [0.5, 0.6) is 0 Å². The van der Waals surface area contributed by atoms with Gasteiger partial charge >= 0.3 is 0 Å². The Morgan fingerprint density at radius 3 is 2.67 bits per heavy atom. The lowest BCUT2D eigenvalue weighted by Crippen LogP contribution is -2.35. The molecule has 0 unspecified atom stereocenters. The molecule has 0 aliphatic heterocycles. The molecule has 1 N–H and O–H groups in total. The zero-order valence-corrected chi connectivity index (χ0v) is 11.8. The van der Waals surface area contributed by atoms with Crippen molar-refractivity contribution < 1.29 is 14.4 Å². The molecule has 0 aliphatic carbocycles. The molecule has 0 bridgehead atoms. The molecule has 0 saturated carbocycles. The molecule has 108 valence electrons. The Morgan fingerprint density at radius 2 is 1.90 bits per heavy atom. The molecule has 0 spiro atoms. The maximum Gasteiger partial charge on any atom is 0.287 e. The van der Waals surface area contributed by atoms with Crippen LogP contribution in [0.2, 0.25) is 0 Å². The Morgan fingerprint density at radius 1 is 1.14 bits per heavy atom. The molecule has 0 atom stereocenters. The first-order chi connectivity index (χ1) is 10.1. The summed E-state index contributed by atoms with van der Waals surface area (Å²) in [6, 6.07) is 7.39. The van der Waals surface area contributed by atoms with Crippen LogP contribution < -0.4 is 5.32 Å². The summed E-state index contributed by atoms with van der Waals surface area (Å²) in [5.74, 6) is -1.48. The average molecular weight is 284 g/mol. The fourth-order valence-electron chi connectivity index (χ4n) is 2.03. The van der Waals surface area contributed by atoms with E-state index in [1.165, 1.54) is 6.20 Å². The number of rotatable bonds is 6. The highest BCUT2D eigenvalue weighted by Gasteiger charge is 2.15. The average Bonchev–Trinajstić information content (AvgIpc) is 2.51. The third-order valence-electron chi connectivity index (χ3n) is 3.11. The number of amides is 1. The third kappa shape index (κ3) is 3.51. The van der Waals surface area contributed by atoms with Crippen molar-refractivity contribution in [2.75, 3.05) is 6.54 Å². The predicted octanol–water partition coefficient (Wildman–Crippen LogP) is 1.90. The molecule has 1 aromatic heterocycles. The van der Waals surface area contributed by atoms with Crippen molar-refractivity contribution in [3.05, 3.63) is 42.2 Å². The molecule has 1 aromatic carbocycles. The smallest absolute Gasteiger partial charge is 0.287 e. The van der Waals surface area contributed by atoms with Gasteiger partial charge in [0.1, 0.15) is 0 Å². The van der Waals surface area contributed by atoms with Gasteiger partial charge in [-0.15, -0.1) is 0 Å².